The third kappa shape index (κ3) is 3.70. The molecule has 94 valence electrons. The van der Waals surface area contributed by atoms with Gasteiger partial charge in [-0.1, -0.05) is 25.3 Å². The lowest BCUT2D eigenvalue weighted by molar-refractivity contribution is 0.282. The minimum atomic E-state index is 0.332. The van der Waals surface area contributed by atoms with Gasteiger partial charge in [-0.15, -0.1) is 0 Å². The normalized spacial score (nSPS) is 18.5. The summed E-state index contributed by atoms with van der Waals surface area (Å²) < 4.78 is 0. The van der Waals surface area contributed by atoms with Gasteiger partial charge in [0, 0.05) is 18.8 Å². The lowest BCUT2D eigenvalue weighted by Gasteiger charge is -2.25. The van der Waals surface area contributed by atoms with E-state index < -0.39 is 0 Å². The first kappa shape index (κ1) is 12.4. The van der Waals surface area contributed by atoms with Gasteiger partial charge in [0.2, 0.25) is 0 Å². The Hall–Kier alpha value is -1.09. The number of pyridine rings is 1. The Labute approximate surface area is 103 Å². The summed E-state index contributed by atoms with van der Waals surface area (Å²) >= 11 is 0. The summed E-state index contributed by atoms with van der Waals surface area (Å²) in [6.45, 7) is 0.332. The second kappa shape index (κ2) is 6.60. The van der Waals surface area contributed by atoms with E-state index in [9.17, 15) is 0 Å². The van der Waals surface area contributed by atoms with Crippen LogP contribution < -0.4 is 5.32 Å². The fraction of sp³-hybridized carbons (Fsp3) is 0.643. The Bertz CT molecular complexity index is 341. The highest BCUT2D eigenvalue weighted by atomic mass is 16.2. The molecular formula is C14H22N2O. The van der Waals surface area contributed by atoms with Crippen LogP contribution in [0.15, 0.2) is 18.3 Å². The zero-order chi connectivity index (χ0) is 11.9. The molecule has 3 nitrogen and oxygen atoms in total. The molecule has 2 N–H and O–H groups in total. The zero-order valence-electron chi connectivity index (χ0n) is 10.4. The second-order valence-electron chi connectivity index (χ2n) is 4.82. The maximum absolute atomic E-state index is 8.70. The van der Waals surface area contributed by atoms with Gasteiger partial charge in [0.15, 0.2) is 0 Å². The van der Waals surface area contributed by atoms with E-state index in [-0.39, 0.29) is 0 Å². The molecule has 0 saturated heterocycles. The summed E-state index contributed by atoms with van der Waals surface area (Å²) in [6, 6.07) is 4.76. The van der Waals surface area contributed by atoms with Crippen LogP contribution in [0, 0.1) is 0 Å². The van der Waals surface area contributed by atoms with Crippen molar-refractivity contribution < 1.29 is 5.11 Å². The number of rotatable bonds is 6. The largest absolute Gasteiger partial charge is 0.396 e. The number of aliphatic hydroxyl groups excluding tert-OH is 1. The van der Waals surface area contributed by atoms with E-state index in [0.717, 1.165) is 25.1 Å². The molecule has 2 heterocycles. The van der Waals surface area contributed by atoms with Crippen molar-refractivity contribution in [1.82, 2.24) is 4.98 Å². The van der Waals surface area contributed by atoms with Crippen LogP contribution in [0.25, 0.3) is 0 Å². The molecule has 1 aromatic rings. The van der Waals surface area contributed by atoms with Crippen molar-refractivity contribution in [2.45, 2.75) is 51.0 Å². The van der Waals surface area contributed by atoms with Gasteiger partial charge in [0.1, 0.15) is 5.82 Å². The third-order valence-corrected chi connectivity index (χ3v) is 3.45. The van der Waals surface area contributed by atoms with Crippen LogP contribution >= 0.6 is 0 Å². The minimum absolute atomic E-state index is 0.332. The predicted molar refractivity (Wildman–Crippen MR) is 70.1 cm³/mol. The molecule has 1 aliphatic rings. The van der Waals surface area contributed by atoms with Crippen molar-refractivity contribution in [2.24, 2.45) is 0 Å². The molecule has 1 aliphatic heterocycles. The van der Waals surface area contributed by atoms with Crippen molar-refractivity contribution in [2.75, 3.05) is 11.9 Å². The topological polar surface area (TPSA) is 45.2 Å². The molecule has 0 radical (unpaired) electrons. The van der Waals surface area contributed by atoms with Gasteiger partial charge in [0.25, 0.3) is 0 Å². The number of aromatic nitrogens is 1. The summed E-state index contributed by atoms with van der Waals surface area (Å²) in [7, 11) is 0. The Morgan fingerprint density at radius 1 is 1.29 bits per heavy atom. The Kier molecular flexibility index (Phi) is 4.80. The van der Waals surface area contributed by atoms with E-state index >= 15 is 0 Å². The van der Waals surface area contributed by atoms with Crippen LogP contribution in [0.3, 0.4) is 0 Å². The molecule has 0 bridgehead atoms. The summed E-state index contributed by atoms with van der Waals surface area (Å²) in [6.07, 6.45) is 10.0. The first-order valence-corrected chi connectivity index (χ1v) is 6.71. The molecule has 0 spiro atoms. The minimum Gasteiger partial charge on any atom is -0.396 e. The zero-order valence-corrected chi connectivity index (χ0v) is 10.4. The molecule has 2 rings (SSSR count). The highest BCUT2D eigenvalue weighted by molar-refractivity contribution is 5.46. The van der Waals surface area contributed by atoms with Crippen LogP contribution in [0.1, 0.15) is 44.1 Å². The highest BCUT2D eigenvalue weighted by Crippen LogP contribution is 2.24. The highest BCUT2D eigenvalue weighted by Gasteiger charge is 2.17. The van der Waals surface area contributed by atoms with Crippen LogP contribution in [0.5, 0.6) is 0 Å². The second-order valence-corrected chi connectivity index (χ2v) is 4.82. The molecule has 0 amide bonds. The van der Waals surface area contributed by atoms with E-state index in [4.69, 9.17) is 5.11 Å². The van der Waals surface area contributed by atoms with Crippen molar-refractivity contribution in [3.63, 3.8) is 0 Å². The van der Waals surface area contributed by atoms with E-state index in [0.29, 0.717) is 12.6 Å². The van der Waals surface area contributed by atoms with Crippen molar-refractivity contribution in [1.29, 1.82) is 0 Å². The van der Waals surface area contributed by atoms with Crippen LogP contribution in [-0.4, -0.2) is 22.7 Å². The fourth-order valence-electron chi connectivity index (χ4n) is 2.44. The molecule has 3 heteroatoms. The van der Waals surface area contributed by atoms with Gasteiger partial charge in [-0.3, -0.25) is 0 Å². The average Bonchev–Trinajstić information content (AvgIpc) is 2.38. The molecule has 0 fully saturated rings. The first-order valence-electron chi connectivity index (χ1n) is 6.71. The SMILES string of the molecule is OCCCCCCC1CCc2cccnc2N1. The third-order valence-electron chi connectivity index (χ3n) is 3.45. The number of anilines is 1. The van der Waals surface area contributed by atoms with Gasteiger partial charge >= 0.3 is 0 Å². The number of aliphatic hydroxyl groups is 1. The van der Waals surface area contributed by atoms with Crippen LogP contribution in [0.2, 0.25) is 0 Å². The van der Waals surface area contributed by atoms with Crippen molar-refractivity contribution in [3.8, 4) is 0 Å². The number of unbranched alkanes of at least 4 members (excludes halogenated alkanes) is 3. The quantitative estimate of drug-likeness (QED) is 0.744. The monoisotopic (exact) mass is 234 g/mol. The van der Waals surface area contributed by atoms with E-state index in [1.165, 1.54) is 31.2 Å². The van der Waals surface area contributed by atoms with Gasteiger partial charge in [-0.25, -0.2) is 4.98 Å². The summed E-state index contributed by atoms with van der Waals surface area (Å²) in [4.78, 5) is 4.38. The van der Waals surface area contributed by atoms with Crippen molar-refractivity contribution >= 4 is 5.82 Å². The predicted octanol–water partition coefficient (Wildman–Crippen LogP) is 2.75. The lowest BCUT2D eigenvalue weighted by Crippen LogP contribution is -2.26. The number of hydrogen-bond acceptors (Lipinski definition) is 3. The fourth-order valence-corrected chi connectivity index (χ4v) is 2.44. The molecular weight excluding hydrogens is 212 g/mol. The van der Waals surface area contributed by atoms with Gasteiger partial charge in [-0.2, -0.15) is 0 Å². The Morgan fingerprint density at radius 2 is 2.18 bits per heavy atom. The molecule has 0 saturated carbocycles. The average molecular weight is 234 g/mol. The summed E-state index contributed by atoms with van der Waals surface area (Å²) in [5, 5.41) is 12.2. The number of nitrogens with zero attached hydrogens (tertiary/aromatic N) is 1. The summed E-state index contributed by atoms with van der Waals surface area (Å²) in [5.41, 5.74) is 1.35. The Balaban J connectivity index is 1.71. The van der Waals surface area contributed by atoms with E-state index in [1.807, 2.05) is 12.3 Å². The maximum atomic E-state index is 8.70. The van der Waals surface area contributed by atoms with E-state index in [1.54, 1.807) is 0 Å². The first-order chi connectivity index (χ1) is 8.40. The number of nitrogens with one attached hydrogen (secondary N) is 1. The maximum Gasteiger partial charge on any atom is 0.129 e. The molecule has 17 heavy (non-hydrogen) atoms. The van der Waals surface area contributed by atoms with E-state index in [2.05, 4.69) is 16.4 Å². The molecule has 1 atom stereocenters. The smallest absolute Gasteiger partial charge is 0.129 e. The Morgan fingerprint density at radius 3 is 3.06 bits per heavy atom. The van der Waals surface area contributed by atoms with Crippen LogP contribution in [0.4, 0.5) is 5.82 Å². The van der Waals surface area contributed by atoms with Crippen LogP contribution in [-0.2, 0) is 6.42 Å². The molecule has 1 aromatic heterocycles. The number of hydrogen-bond donors (Lipinski definition) is 2. The van der Waals surface area contributed by atoms with Gasteiger partial charge in [0.05, 0.1) is 0 Å². The molecule has 1 unspecified atom stereocenters. The van der Waals surface area contributed by atoms with Gasteiger partial charge < -0.3 is 10.4 Å². The van der Waals surface area contributed by atoms with Crippen molar-refractivity contribution in [3.05, 3.63) is 23.9 Å². The standard InChI is InChI=1S/C14H22N2O/c17-11-4-2-1-3-7-13-9-8-12-6-5-10-15-14(12)16-13/h5-6,10,13,17H,1-4,7-9,11H2,(H,15,16). The lowest BCUT2D eigenvalue weighted by atomic mass is 9.96. The summed E-state index contributed by atoms with van der Waals surface area (Å²) in [5.74, 6) is 1.08. The molecule has 0 aliphatic carbocycles. The molecule has 0 aromatic carbocycles. The number of aryl methyl sites for hydroxylation is 1. The number of fused-ring (bicyclic) bond motifs is 1. The van der Waals surface area contributed by atoms with Gasteiger partial charge in [-0.05, 0) is 37.3 Å².